The van der Waals surface area contributed by atoms with Crippen molar-refractivity contribution in [2.45, 2.75) is 58.1 Å². The van der Waals surface area contributed by atoms with Gasteiger partial charge in [0.2, 0.25) is 0 Å². The standard InChI is InChI=1S/C12H23NO2/c1-4-10-7-5-6-8-11(10)15-12(14)9(2)13-3/h9-11,13H,4-8H2,1-3H3. The molecular formula is C12H23NO2. The lowest BCUT2D eigenvalue weighted by Crippen LogP contribution is -2.38. The molecule has 0 spiro atoms. The molecule has 3 nitrogen and oxygen atoms in total. The second-order valence-corrected chi connectivity index (χ2v) is 4.44. The van der Waals surface area contributed by atoms with Crippen LogP contribution in [0.1, 0.15) is 46.0 Å². The highest BCUT2D eigenvalue weighted by atomic mass is 16.5. The maximum atomic E-state index is 11.6. The fourth-order valence-electron chi connectivity index (χ4n) is 2.16. The summed E-state index contributed by atoms with van der Waals surface area (Å²) in [6.07, 6.45) is 6.01. The van der Waals surface area contributed by atoms with Crippen LogP contribution in [0.3, 0.4) is 0 Å². The van der Waals surface area contributed by atoms with Gasteiger partial charge in [0.25, 0.3) is 0 Å². The van der Waals surface area contributed by atoms with E-state index >= 15 is 0 Å². The van der Waals surface area contributed by atoms with Gasteiger partial charge in [-0.15, -0.1) is 0 Å². The number of ether oxygens (including phenoxy) is 1. The van der Waals surface area contributed by atoms with Gasteiger partial charge in [-0.25, -0.2) is 0 Å². The smallest absolute Gasteiger partial charge is 0.323 e. The maximum Gasteiger partial charge on any atom is 0.323 e. The van der Waals surface area contributed by atoms with E-state index in [4.69, 9.17) is 4.74 Å². The lowest BCUT2D eigenvalue weighted by Gasteiger charge is -2.31. The first-order valence-electron chi connectivity index (χ1n) is 6.06. The fourth-order valence-corrected chi connectivity index (χ4v) is 2.16. The van der Waals surface area contributed by atoms with Gasteiger partial charge in [0.1, 0.15) is 12.1 Å². The Morgan fingerprint density at radius 2 is 2.13 bits per heavy atom. The highest BCUT2D eigenvalue weighted by Crippen LogP contribution is 2.29. The zero-order valence-corrected chi connectivity index (χ0v) is 10.1. The summed E-state index contributed by atoms with van der Waals surface area (Å²) in [5.41, 5.74) is 0. The molecule has 3 unspecified atom stereocenters. The summed E-state index contributed by atoms with van der Waals surface area (Å²) in [6.45, 7) is 4.02. The molecule has 0 amide bonds. The van der Waals surface area contributed by atoms with Crippen molar-refractivity contribution in [2.75, 3.05) is 7.05 Å². The third-order valence-electron chi connectivity index (χ3n) is 3.42. The maximum absolute atomic E-state index is 11.6. The number of carbonyl (C=O) groups excluding carboxylic acids is 1. The Hall–Kier alpha value is -0.570. The van der Waals surface area contributed by atoms with Crippen LogP contribution in [-0.4, -0.2) is 25.2 Å². The molecule has 0 bridgehead atoms. The monoisotopic (exact) mass is 213 g/mol. The fraction of sp³-hybridized carbons (Fsp3) is 0.917. The molecule has 3 atom stereocenters. The van der Waals surface area contributed by atoms with Crippen molar-refractivity contribution in [3.8, 4) is 0 Å². The van der Waals surface area contributed by atoms with Crippen molar-refractivity contribution >= 4 is 5.97 Å². The summed E-state index contributed by atoms with van der Waals surface area (Å²) in [7, 11) is 1.78. The summed E-state index contributed by atoms with van der Waals surface area (Å²) < 4.78 is 5.55. The molecule has 0 aromatic carbocycles. The quantitative estimate of drug-likeness (QED) is 0.727. The minimum absolute atomic E-state index is 0.108. The zero-order chi connectivity index (χ0) is 11.3. The van der Waals surface area contributed by atoms with Gasteiger partial charge >= 0.3 is 5.97 Å². The number of esters is 1. The van der Waals surface area contributed by atoms with E-state index in [1.165, 1.54) is 19.3 Å². The van der Waals surface area contributed by atoms with Gasteiger partial charge in [0, 0.05) is 0 Å². The average Bonchev–Trinajstić information content (AvgIpc) is 2.28. The lowest BCUT2D eigenvalue weighted by atomic mass is 9.85. The molecule has 1 N–H and O–H groups in total. The van der Waals surface area contributed by atoms with E-state index in [0.29, 0.717) is 5.92 Å². The molecular weight excluding hydrogens is 190 g/mol. The Morgan fingerprint density at radius 3 is 2.73 bits per heavy atom. The predicted molar refractivity (Wildman–Crippen MR) is 60.7 cm³/mol. The second-order valence-electron chi connectivity index (χ2n) is 4.44. The molecule has 3 heteroatoms. The SMILES string of the molecule is CCC1CCCCC1OC(=O)C(C)NC. The predicted octanol–water partition coefficient (Wildman–Crippen LogP) is 2.11. The topological polar surface area (TPSA) is 38.3 Å². The van der Waals surface area contributed by atoms with Crippen LogP contribution >= 0.6 is 0 Å². The molecule has 0 radical (unpaired) electrons. The molecule has 0 saturated heterocycles. The van der Waals surface area contributed by atoms with Crippen LogP contribution in [0.4, 0.5) is 0 Å². The van der Waals surface area contributed by atoms with E-state index in [0.717, 1.165) is 12.8 Å². The third kappa shape index (κ3) is 3.49. The zero-order valence-electron chi connectivity index (χ0n) is 10.1. The summed E-state index contributed by atoms with van der Waals surface area (Å²) in [5, 5.41) is 2.91. The number of nitrogens with one attached hydrogen (secondary N) is 1. The van der Waals surface area contributed by atoms with E-state index in [-0.39, 0.29) is 18.1 Å². The lowest BCUT2D eigenvalue weighted by molar-refractivity contribution is -0.155. The molecule has 1 aliphatic rings. The summed E-state index contributed by atoms with van der Waals surface area (Å²) >= 11 is 0. The number of likely N-dealkylation sites (N-methyl/N-ethyl adjacent to an activating group) is 1. The first-order valence-corrected chi connectivity index (χ1v) is 6.06. The van der Waals surface area contributed by atoms with E-state index in [1.807, 2.05) is 6.92 Å². The highest BCUT2D eigenvalue weighted by molar-refractivity contribution is 5.75. The van der Waals surface area contributed by atoms with Crippen LogP contribution in [0.5, 0.6) is 0 Å². The molecule has 1 saturated carbocycles. The van der Waals surface area contributed by atoms with Crippen LogP contribution in [-0.2, 0) is 9.53 Å². The van der Waals surface area contributed by atoms with Crippen LogP contribution < -0.4 is 5.32 Å². The molecule has 88 valence electrons. The average molecular weight is 213 g/mol. The normalized spacial score (nSPS) is 28.5. The van der Waals surface area contributed by atoms with Gasteiger partial charge in [0.15, 0.2) is 0 Å². The molecule has 1 aliphatic carbocycles. The molecule has 0 heterocycles. The Morgan fingerprint density at radius 1 is 1.47 bits per heavy atom. The number of rotatable bonds is 4. The van der Waals surface area contributed by atoms with Crippen molar-refractivity contribution in [3.63, 3.8) is 0 Å². The largest absolute Gasteiger partial charge is 0.461 e. The van der Waals surface area contributed by atoms with Gasteiger partial charge in [-0.2, -0.15) is 0 Å². The van der Waals surface area contributed by atoms with Crippen LogP contribution in [0, 0.1) is 5.92 Å². The second kappa shape index (κ2) is 6.11. The molecule has 0 aromatic heterocycles. The van der Waals surface area contributed by atoms with E-state index < -0.39 is 0 Å². The number of carbonyl (C=O) groups is 1. The van der Waals surface area contributed by atoms with Crippen molar-refractivity contribution < 1.29 is 9.53 Å². The van der Waals surface area contributed by atoms with Gasteiger partial charge in [0.05, 0.1) is 0 Å². The van der Waals surface area contributed by atoms with E-state index in [2.05, 4.69) is 12.2 Å². The van der Waals surface area contributed by atoms with Crippen LogP contribution in [0.2, 0.25) is 0 Å². The number of hydrogen-bond acceptors (Lipinski definition) is 3. The Balaban J connectivity index is 2.44. The summed E-state index contributed by atoms with van der Waals surface area (Å²) in [4.78, 5) is 11.6. The van der Waals surface area contributed by atoms with Gasteiger partial charge in [-0.1, -0.05) is 13.3 Å². The van der Waals surface area contributed by atoms with Crippen molar-refractivity contribution in [1.29, 1.82) is 0 Å². The van der Waals surface area contributed by atoms with Crippen LogP contribution in [0.15, 0.2) is 0 Å². The first-order chi connectivity index (χ1) is 7.19. The van der Waals surface area contributed by atoms with Gasteiger partial charge in [-0.3, -0.25) is 4.79 Å². The Labute approximate surface area is 92.6 Å². The van der Waals surface area contributed by atoms with Gasteiger partial charge in [-0.05, 0) is 45.6 Å². The Kier molecular flexibility index (Phi) is 5.09. The first kappa shape index (κ1) is 12.5. The van der Waals surface area contributed by atoms with Crippen LogP contribution in [0.25, 0.3) is 0 Å². The molecule has 1 fully saturated rings. The van der Waals surface area contributed by atoms with E-state index in [1.54, 1.807) is 7.05 Å². The van der Waals surface area contributed by atoms with Crippen molar-refractivity contribution in [3.05, 3.63) is 0 Å². The molecule has 1 rings (SSSR count). The molecule has 0 aromatic rings. The minimum atomic E-state index is -0.190. The van der Waals surface area contributed by atoms with Crippen molar-refractivity contribution in [1.82, 2.24) is 5.32 Å². The van der Waals surface area contributed by atoms with Gasteiger partial charge < -0.3 is 10.1 Å². The highest BCUT2D eigenvalue weighted by Gasteiger charge is 2.28. The molecule has 15 heavy (non-hydrogen) atoms. The minimum Gasteiger partial charge on any atom is -0.461 e. The van der Waals surface area contributed by atoms with E-state index in [9.17, 15) is 4.79 Å². The van der Waals surface area contributed by atoms with Crippen molar-refractivity contribution in [2.24, 2.45) is 5.92 Å². The third-order valence-corrected chi connectivity index (χ3v) is 3.42. The Bertz CT molecular complexity index is 206. The molecule has 0 aliphatic heterocycles. The summed E-state index contributed by atoms with van der Waals surface area (Å²) in [5.74, 6) is 0.467. The number of hydrogen-bond donors (Lipinski definition) is 1. The summed E-state index contributed by atoms with van der Waals surface area (Å²) in [6, 6.07) is -0.190.